The number of carbonyl (C=O) groups is 1. The van der Waals surface area contributed by atoms with E-state index in [1.807, 2.05) is 11.8 Å². The molecular formula is C11H18O2S. The van der Waals surface area contributed by atoms with Gasteiger partial charge in [-0.1, -0.05) is 0 Å². The van der Waals surface area contributed by atoms with E-state index in [0.717, 1.165) is 31.6 Å². The summed E-state index contributed by atoms with van der Waals surface area (Å²) in [6, 6.07) is 0. The number of carbonyl (C=O) groups excluding carboxylic acids is 1. The number of Topliss-reactive ketones (excluding diaryl/α,β-unsaturated/α-hetero) is 1. The second-order valence-electron chi connectivity index (χ2n) is 4.46. The predicted octanol–water partition coefficient (Wildman–Crippen LogP) is 2.27. The summed E-state index contributed by atoms with van der Waals surface area (Å²) in [7, 11) is 0. The Kier molecular flexibility index (Phi) is 3.17. The van der Waals surface area contributed by atoms with Crippen LogP contribution in [-0.4, -0.2) is 29.5 Å². The highest BCUT2D eigenvalue weighted by atomic mass is 32.2. The third-order valence-corrected chi connectivity index (χ3v) is 4.81. The van der Waals surface area contributed by atoms with E-state index in [1.165, 1.54) is 6.42 Å². The molecule has 2 atom stereocenters. The van der Waals surface area contributed by atoms with Gasteiger partial charge >= 0.3 is 0 Å². The first-order valence-corrected chi connectivity index (χ1v) is 6.47. The first-order chi connectivity index (χ1) is 6.72. The molecular weight excluding hydrogens is 196 g/mol. The average molecular weight is 214 g/mol. The van der Waals surface area contributed by atoms with E-state index in [0.29, 0.717) is 12.4 Å². The fourth-order valence-corrected chi connectivity index (χ4v) is 3.69. The monoisotopic (exact) mass is 214 g/mol. The summed E-state index contributed by atoms with van der Waals surface area (Å²) in [4.78, 5) is 12.2. The third-order valence-electron chi connectivity index (χ3n) is 3.27. The molecule has 0 aromatic heterocycles. The summed E-state index contributed by atoms with van der Waals surface area (Å²) in [5, 5.41) is 0. The number of rotatable bonds is 2. The van der Waals surface area contributed by atoms with Crippen molar-refractivity contribution in [2.24, 2.45) is 5.92 Å². The zero-order valence-corrected chi connectivity index (χ0v) is 9.57. The van der Waals surface area contributed by atoms with Gasteiger partial charge in [-0.2, -0.15) is 0 Å². The standard InChI is InChI=1S/C11H18O2S/c1-11(5-3-7-14-11)10(12)9-4-2-6-13-8-9/h9H,2-8H2,1H3. The lowest BCUT2D eigenvalue weighted by Gasteiger charge is -2.29. The molecule has 14 heavy (non-hydrogen) atoms. The zero-order valence-electron chi connectivity index (χ0n) is 8.75. The maximum atomic E-state index is 12.2. The topological polar surface area (TPSA) is 26.3 Å². The Bertz CT molecular complexity index is 215. The molecule has 0 aromatic rings. The minimum absolute atomic E-state index is 0.0919. The summed E-state index contributed by atoms with van der Waals surface area (Å²) >= 11 is 1.84. The number of ketones is 1. The van der Waals surface area contributed by atoms with E-state index in [1.54, 1.807) is 0 Å². The highest BCUT2D eigenvalue weighted by molar-refractivity contribution is 8.01. The van der Waals surface area contributed by atoms with E-state index in [4.69, 9.17) is 4.74 Å². The van der Waals surface area contributed by atoms with Crippen LogP contribution in [0.2, 0.25) is 0 Å². The van der Waals surface area contributed by atoms with Crippen molar-refractivity contribution in [3.63, 3.8) is 0 Å². The third kappa shape index (κ3) is 1.98. The molecule has 2 aliphatic heterocycles. The van der Waals surface area contributed by atoms with Crippen LogP contribution in [0.15, 0.2) is 0 Å². The molecule has 80 valence electrons. The molecule has 0 radical (unpaired) electrons. The summed E-state index contributed by atoms with van der Waals surface area (Å²) in [5.74, 6) is 1.77. The molecule has 0 saturated carbocycles. The Morgan fingerprint density at radius 1 is 1.50 bits per heavy atom. The van der Waals surface area contributed by atoms with E-state index >= 15 is 0 Å². The highest BCUT2D eigenvalue weighted by Crippen LogP contribution is 2.41. The van der Waals surface area contributed by atoms with Crippen LogP contribution in [0.3, 0.4) is 0 Å². The molecule has 2 fully saturated rings. The molecule has 2 nitrogen and oxygen atoms in total. The first-order valence-electron chi connectivity index (χ1n) is 5.48. The second-order valence-corrected chi connectivity index (χ2v) is 6.06. The van der Waals surface area contributed by atoms with Crippen LogP contribution in [0.4, 0.5) is 0 Å². The smallest absolute Gasteiger partial charge is 0.153 e. The number of thioether (sulfide) groups is 1. The normalized spacial score (nSPS) is 38.5. The molecule has 3 heteroatoms. The van der Waals surface area contributed by atoms with Crippen LogP contribution in [0.5, 0.6) is 0 Å². The van der Waals surface area contributed by atoms with E-state index in [9.17, 15) is 4.79 Å². The van der Waals surface area contributed by atoms with Crippen molar-refractivity contribution in [1.82, 2.24) is 0 Å². The molecule has 2 rings (SSSR count). The van der Waals surface area contributed by atoms with Crippen LogP contribution in [-0.2, 0) is 9.53 Å². The summed E-state index contributed by atoms with van der Waals surface area (Å²) in [5.41, 5.74) is 0. The van der Waals surface area contributed by atoms with Gasteiger partial charge in [-0.3, -0.25) is 4.79 Å². The minimum Gasteiger partial charge on any atom is -0.381 e. The molecule has 2 aliphatic rings. The molecule has 0 spiro atoms. The molecule has 0 bridgehead atoms. The fraction of sp³-hybridized carbons (Fsp3) is 0.909. The van der Waals surface area contributed by atoms with Crippen molar-refractivity contribution in [2.45, 2.75) is 37.4 Å². The van der Waals surface area contributed by atoms with Crippen molar-refractivity contribution < 1.29 is 9.53 Å². The van der Waals surface area contributed by atoms with E-state index in [-0.39, 0.29) is 10.7 Å². The molecule has 0 aromatic carbocycles. The van der Waals surface area contributed by atoms with Crippen LogP contribution >= 0.6 is 11.8 Å². The molecule has 0 amide bonds. The Labute approximate surface area is 89.8 Å². The van der Waals surface area contributed by atoms with Crippen molar-refractivity contribution in [2.75, 3.05) is 19.0 Å². The van der Waals surface area contributed by atoms with Crippen LogP contribution in [0.25, 0.3) is 0 Å². The Balaban J connectivity index is 1.98. The molecule has 2 heterocycles. The van der Waals surface area contributed by atoms with Gasteiger partial charge in [0.25, 0.3) is 0 Å². The Hall–Kier alpha value is -0.0200. The average Bonchev–Trinajstić information content (AvgIpc) is 2.67. The molecule has 2 unspecified atom stereocenters. The van der Waals surface area contributed by atoms with Gasteiger partial charge in [-0.15, -0.1) is 11.8 Å². The van der Waals surface area contributed by atoms with Gasteiger partial charge in [0.05, 0.1) is 11.4 Å². The summed E-state index contributed by atoms with van der Waals surface area (Å²) in [6.45, 7) is 3.62. The van der Waals surface area contributed by atoms with Gasteiger partial charge in [0.1, 0.15) is 0 Å². The van der Waals surface area contributed by atoms with Crippen molar-refractivity contribution in [3.05, 3.63) is 0 Å². The van der Waals surface area contributed by atoms with E-state index in [2.05, 4.69) is 6.92 Å². The number of hydrogen-bond donors (Lipinski definition) is 0. The van der Waals surface area contributed by atoms with Crippen LogP contribution in [0.1, 0.15) is 32.6 Å². The second kappa shape index (κ2) is 4.23. The van der Waals surface area contributed by atoms with Gasteiger partial charge in [0.2, 0.25) is 0 Å². The number of hydrogen-bond acceptors (Lipinski definition) is 3. The Morgan fingerprint density at radius 2 is 2.36 bits per heavy atom. The summed E-state index contributed by atoms with van der Waals surface area (Å²) in [6.07, 6.45) is 4.35. The largest absolute Gasteiger partial charge is 0.381 e. The lowest BCUT2D eigenvalue weighted by Crippen LogP contribution is -2.38. The first kappa shape index (κ1) is 10.5. The zero-order chi connectivity index (χ0) is 10.0. The van der Waals surface area contributed by atoms with Gasteiger partial charge in [0.15, 0.2) is 5.78 Å². The van der Waals surface area contributed by atoms with Crippen molar-refractivity contribution >= 4 is 17.5 Å². The maximum absolute atomic E-state index is 12.2. The van der Waals surface area contributed by atoms with Gasteiger partial charge in [-0.25, -0.2) is 0 Å². The molecule has 2 saturated heterocycles. The van der Waals surface area contributed by atoms with Gasteiger partial charge in [-0.05, 0) is 38.4 Å². The van der Waals surface area contributed by atoms with Crippen molar-refractivity contribution in [1.29, 1.82) is 0 Å². The van der Waals surface area contributed by atoms with Gasteiger partial charge in [0, 0.05) is 12.5 Å². The minimum atomic E-state index is -0.0919. The predicted molar refractivity (Wildman–Crippen MR) is 58.6 cm³/mol. The number of ether oxygens (including phenoxy) is 1. The lowest BCUT2D eigenvalue weighted by atomic mass is 9.87. The van der Waals surface area contributed by atoms with Gasteiger partial charge < -0.3 is 4.74 Å². The van der Waals surface area contributed by atoms with Crippen LogP contribution in [0, 0.1) is 5.92 Å². The molecule has 0 N–H and O–H groups in total. The van der Waals surface area contributed by atoms with E-state index < -0.39 is 0 Å². The maximum Gasteiger partial charge on any atom is 0.153 e. The Morgan fingerprint density at radius 3 is 2.93 bits per heavy atom. The lowest BCUT2D eigenvalue weighted by molar-refractivity contribution is -0.128. The highest BCUT2D eigenvalue weighted by Gasteiger charge is 2.41. The van der Waals surface area contributed by atoms with Crippen molar-refractivity contribution in [3.8, 4) is 0 Å². The SMILES string of the molecule is CC1(C(=O)C2CCCOC2)CCCS1. The fourth-order valence-electron chi connectivity index (χ4n) is 2.35. The quantitative estimate of drug-likeness (QED) is 0.705. The van der Waals surface area contributed by atoms with Crippen LogP contribution < -0.4 is 0 Å². The molecule has 0 aliphatic carbocycles. The summed E-state index contributed by atoms with van der Waals surface area (Å²) < 4.78 is 5.29.